The van der Waals surface area contributed by atoms with E-state index in [1.807, 2.05) is 56.3 Å². The highest BCUT2D eigenvalue weighted by Gasteiger charge is 2.25. The number of carbonyl (C=O) groups is 1. The Bertz CT molecular complexity index is 957. The number of benzene rings is 2. The summed E-state index contributed by atoms with van der Waals surface area (Å²) >= 11 is 0. The van der Waals surface area contributed by atoms with Crippen LogP contribution in [0.2, 0.25) is 0 Å². The van der Waals surface area contributed by atoms with Crippen molar-refractivity contribution in [3.8, 4) is 11.4 Å². The van der Waals surface area contributed by atoms with E-state index in [0.717, 1.165) is 29.9 Å². The fourth-order valence-corrected chi connectivity index (χ4v) is 3.00. The Balaban J connectivity index is 1.52. The van der Waals surface area contributed by atoms with Gasteiger partial charge in [0.05, 0.1) is 0 Å². The van der Waals surface area contributed by atoms with E-state index < -0.39 is 0 Å². The van der Waals surface area contributed by atoms with Crippen LogP contribution in [0.3, 0.4) is 0 Å². The fraction of sp³-hybridized carbons (Fsp3) is 0.286. The van der Waals surface area contributed by atoms with E-state index in [4.69, 9.17) is 4.52 Å². The number of hydrogen-bond acceptors (Lipinski definition) is 4. The minimum absolute atomic E-state index is 0.131. The predicted molar refractivity (Wildman–Crippen MR) is 100 cm³/mol. The lowest BCUT2D eigenvalue weighted by Crippen LogP contribution is -2.12. The van der Waals surface area contributed by atoms with Crippen LogP contribution in [-0.2, 0) is 0 Å². The molecule has 0 unspecified atom stereocenters. The Morgan fingerprint density at radius 3 is 2.69 bits per heavy atom. The van der Waals surface area contributed by atoms with Crippen LogP contribution in [-0.4, -0.2) is 16.0 Å². The van der Waals surface area contributed by atoms with Crippen molar-refractivity contribution >= 4 is 11.6 Å². The molecule has 0 bridgehead atoms. The van der Waals surface area contributed by atoms with E-state index >= 15 is 0 Å². The maximum atomic E-state index is 12.5. The number of aryl methyl sites for hydroxylation is 2. The zero-order valence-corrected chi connectivity index (χ0v) is 15.0. The molecule has 4 rings (SSSR count). The smallest absolute Gasteiger partial charge is 0.255 e. The summed E-state index contributed by atoms with van der Waals surface area (Å²) in [6.45, 7) is 4.03. The third-order valence-electron chi connectivity index (χ3n) is 5.04. The molecule has 5 nitrogen and oxygen atoms in total. The number of hydrogen-bond donors (Lipinski definition) is 1. The third kappa shape index (κ3) is 3.25. The molecule has 0 aliphatic heterocycles. The van der Waals surface area contributed by atoms with Crippen molar-refractivity contribution < 1.29 is 9.32 Å². The molecule has 0 radical (unpaired) electrons. The molecule has 1 fully saturated rings. The van der Waals surface area contributed by atoms with Gasteiger partial charge in [0.15, 0.2) is 0 Å². The summed E-state index contributed by atoms with van der Waals surface area (Å²) in [5.74, 6) is 1.56. The largest absolute Gasteiger partial charge is 0.339 e. The average molecular weight is 347 g/mol. The van der Waals surface area contributed by atoms with Gasteiger partial charge in [-0.3, -0.25) is 4.79 Å². The molecule has 0 spiro atoms. The van der Waals surface area contributed by atoms with Crippen molar-refractivity contribution in [2.75, 3.05) is 5.32 Å². The van der Waals surface area contributed by atoms with Crippen molar-refractivity contribution in [1.82, 2.24) is 10.1 Å². The van der Waals surface area contributed by atoms with Gasteiger partial charge in [0.25, 0.3) is 5.91 Å². The summed E-state index contributed by atoms with van der Waals surface area (Å²) < 4.78 is 5.39. The molecule has 0 atom stereocenters. The minimum Gasteiger partial charge on any atom is -0.339 e. The summed E-state index contributed by atoms with van der Waals surface area (Å²) in [7, 11) is 0. The maximum absolute atomic E-state index is 12.5. The Hall–Kier alpha value is -2.95. The molecule has 0 saturated heterocycles. The molecular weight excluding hydrogens is 326 g/mol. The molecule has 1 aliphatic carbocycles. The molecule has 132 valence electrons. The second-order valence-corrected chi connectivity index (χ2v) is 6.92. The number of aromatic nitrogens is 2. The standard InChI is InChI=1S/C21H21N3O2/c1-13-9-10-17(11-14(13)2)20(25)22-18-8-4-7-16(12-18)19-23-21(26-24-19)15-5-3-6-15/h4,7-12,15H,3,5-6H2,1-2H3,(H,22,25). The molecule has 5 heteroatoms. The van der Waals surface area contributed by atoms with Gasteiger partial charge in [0.2, 0.25) is 11.7 Å². The maximum Gasteiger partial charge on any atom is 0.255 e. The van der Waals surface area contributed by atoms with Gasteiger partial charge in [-0.2, -0.15) is 4.98 Å². The van der Waals surface area contributed by atoms with E-state index in [9.17, 15) is 4.79 Å². The number of rotatable bonds is 4. The van der Waals surface area contributed by atoms with Gasteiger partial charge in [-0.15, -0.1) is 0 Å². The number of nitrogens with zero attached hydrogens (tertiary/aromatic N) is 2. The van der Waals surface area contributed by atoms with Gasteiger partial charge in [-0.25, -0.2) is 0 Å². The van der Waals surface area contributed by atoms with Crippen LogP contribution in [0.1, 0.15) is 52.6 Å². The summed E-state index contributed by atoms with van der Waals surface area (Å²) in [5, 5.41) is 7.03. The molecular formula is C21H21N3O2. The van der Waals surface area contributed by atoms with Crippen molar-refractivity contribution in [2.45, 2.75) is 39.0 Å². The molecule has 1 saturated carbocycles. The van der Waals surface area contributed by atoms with Gasteiger partial charge < -0.3 is 9.84 Å². The lowest BCUT2D eigenvalue weighted by molar-refractivity contribution is 0.102. The first kappa shape index (κ1) is 16.5. The van der Waals surface area contributed by atoms with E-state index in [-0.39, 0.29) is 5.91 Å². The van der Waals surface area contributed by atoms with Crippen LogP contribution in [0.4, 0.5) is 5.69 Å². The summed E-state index contributed by atoms with van der Waals surface area (Å²) in [4.78, 5) is 17.0. The van der Waals surface area contributed by atoms with E-state index in [0.29, 0.717) is 23.0 Å². The van der Waals surface area contributed by atoms with Crippen LogP contribution in [0.25, 0.3) is 11.4 Å². The fourth-order valence-electron chi connectivity index (χ4n) is 3.00. The third-order valence-corrected chi connectivity index (χ3v) is 5.04. The monoisotopic (exact) mass is 347 g/mol. The van der Waals surface area contributed by atoms with Gasteiger partial charge in [-0.1, -0.05) is 29.8 Å². The van der Waals surface area contributed by atoms with Crippen LogP contribution in [0.15, 0.2) is 47.0 Å². The van der Waals surface area contributed by atoms with Crippen LogP contribution < -0.4 is 5.32 Å². The first-order valence-electron chi connectivity index (χ1n) is 8.93. The van der Waals surface area contributed by atoms with E-state index in [1.54, 1.807) is 0 Å². The molecule has 3 aromatic rings. The second kappa shape index (κ2) is 6.75. The summed E-state index contributed by atoms with van der Waals surface area (Å²) in [6.07, 6.45) is 3.46. The highest BCUT2D eigenvalue weighted by Crippen LogP contribution is 2.36. The topological polar surface area (TPSA) is 68.0 Å². The van der Waals surface area contributed by atoms with Crippen molar-refractivity contribution in [1.29, 1.82) is 0 Å². The minimum atomic E-state index is -0.131. The molecule has 1 heterocycles. The van der Waals surface area contributed by atoms with Gasteiger partial charge in [-0.05, 0) is 62.1 Å². The predicted octanol–water partition coefficient (Wildman–Crippen LogP) is 4.87. The SMILES string of the molecule is Cc1ccc(C(=O)Nc2cccc(-c3noc(C4CCC4)n3)c2)cc1C. The summed E-state index contributed by atoms with van der Waals surface area (Å²) in [6, 6.07) is 13.2. The van der Waals surface area contributed by atoms with E-state index in [1.165, 1.54) is 12.0 Å². The zero-order chi connectivity index (χ0) is 18.1. The van der Waals surface area contributed by atoms with Crippen LogP contribution >= 0.6 is 0 Å². The Morgan fingerprint density at radius 2 is 1.96 bits per heavy atom. The van der Waals surface area contributed by atoms with Crippen molar-refractivity contribution in [3.05, 3.63) is 65.0 Å². The average Bonchev–Trinajstić information content (AvgIpc) is 3.05. The highest BCUT2D eigenvalue weighted by molar-refractivity contribution is 6.04. The molecule has 26 heavy (non-hydrogen) atoms. The van der Waals surface area contributed by atoms with Crippen molar-refractivity contribution in [2.24, 2.45) is 0 Å². The normalized spacial score (nSPS) is 14.1. The molecule has 1 aliphatic rings. The zero-order valence-electron chi connectivity index (χ0n) is 15.0. The van der Waals surface area contributed by atoms with Gasteiger partial charge >= 0.3 is 0 Å². The van der Waals surface area contributed by atoms with Crippen LogP contribution in [0.5, 0.6) is 0 Å². The Labute approximate surface area is 152 Å². The Kier molecular flexibility index (Phi) is 4.29. The molecule has 2 aromatic carbocycles. The first-order chi connectivity index (χ1) is 12.6. The molecule has 1 amide bonds. The van der Waals surface area contributed by atoms with Crippen LogP contribution in [0, 0.1) is 13.8 Å². The molecule has 1 aromatic heterocycles. The number of carbonyl (C=O) groups excluding carboxylic acids is 1. The quantitative estimate of drug-likeness (QED) is 0.731. The Morgan fingerprint density at radius 1 is 1.12 bits per heavy atom. The first-order valence-corrected chi connectivity index (χ1v) is 8.93. The van der Waals surface area contributed by atoms with Gasteiger partial charge in [0.1, 0.15) is 0 Å². The molecule has 1 N–H and O–H groups in total. The van der Waals surface area contributed by atoms with Gasteiger partial charge in [0, 0.05) is 22.7 Å². The number of anilines is 1. The highest BCUT2D eigenvalue weighted by atomic mass is 16.5. The van der Waals surface area contributed by atoms with E-state index in [2.05, 4.69) is 15.5 Å². The lowest BCUT2D eigenvalue weighted by Gasteiger charge is -2.20. The summed E-state index contributed by atoms with van der Waals surface area (Å²) in [5.41, 5.74) is 4.45. The van der Waals surface area contributed by atoms with Crippen molar-refractivity contribution in [3.63, 3.8) is 0 Å². The second-order valence-electron chi connectivity index (χ2n) is 6.92. The number of amides is 1. The lowest BCUT2D eigenvalue weighted by atomic mass is 9.85. The number of nitrogens with one attached hydrogen (secondary N) is 1.